The van der Waals surface area contributed by atoms with E-state index < -0.39 is 0 Å². The van der Waals surface area contributed by atoms with Crippen molar-refractivity contribution in [2.45, 2.75) is 0 Å². The fourth-order valence-electron chi connectivity index (χ4n) is 1.55. The minimum Gasteiger partial charge on any atom is -0.632 e. The van der Waals surface area contributed by atoms with Crippen molar-refractivity contribution in [2.75, 3.05) is 32.8 Å². The third-order valence-electron chi connectivity index (χ3n) is 2.13. The molecule has 3 heteroatoms. The van der Waals surface area contributed by atoms with Crippen LogP contribution in [0, 0.1) is 5.21 Å². The van der Waals surface area contributed by atoms with Gasteiger partial charge < -0.3 is 9.85 Å². The van der Waals surface area contributed by atoms with Crippen molar-refractivity contribution >= 4 is 0 Å². The average Bonchev–Trinajstić information content (AvgIpc) is 2.34. The molecule has 0 bridgehead atoms. The fourth-order valence-corrected chi connectivity index (χ4v) is 1.55. The maximum atomic E-state index is 11.8. The molecule has 0 radical (unpaired) electrons. The molecule has 1 aliphatic heterocycles. The van der Waals surface area contributed by atoms with Crippen LogP contribution in [-0.2, 0) is 0 Å². The number of nitrogens with zero attached hydrogens (tertiary/aromatic N) is 2. The van der Waals surface area contributed by atoms with Crippen molar-refractivity contribution in [1.29, 1.82) is 0 Å². The number of hydrogen-bond donors (Lipinski definition) is 0. The second-order valence-corrected chi connectivity index (χ2v) is 3.26. The van der Waals surface area contributed by atoms with Crippen LogP contribution in [0.3, 0.4) is 0 Å². The van der Waals surface area contributed by atoms with Crippen molar-refractivity contribution in [3.05, 3.63) is 30.5 Å². The van der Waals surface area contributed by atoms with Crippen molar-refractivity contribution in [2.24, 2.45) is 0 Å². The molecule has 1 rings (SSSR count). The highest BCUT2D eigenvalue weighted by molar-refractivity contribution is 4.76. The van der Waals surface area contributed by atoms with Gasteiger partial charge >= 0.3 is 0 Å². The Hall–Kier alpha value is -0.640. The minimum absolute atomic E-state index is 0.142. The molecule has 0 N–H and O–H groups in total. The molecule has 1 aliphatic rings. The van der Waals surface area contributed by atoms with Crippen molar-refractivity contribution in [3.8, 4) is 0 Å². The standard InChI is InChI=1S/C9H16N2O/c1-3-5-10-6-8-11(12,9-10)7-4-2/h3-4H,1-2,5-9H2. The van der Waals surface area contributed by atoms with E-state index in [2.05, 4.69) is 18.1 Å². The Morgan fingerprint density at radius 1 is 1.42 bits per heavy atom. The first kappa shape index (κ1) is 9.45. The highest BCUT2D eigenvalue weighted by Crippen LogP contribution is 2.13. The molecule has 1 unspecified atom stereocenters. The lowest BCUT2D eigenvalue weighted by atomic mass is 10.5. The highest BCUT2D eigenvalue weighted by atomic mass is 16.6. The van der Waals surface area contributed by atoms with Crippen molar-refractivity contribution < 1.29 is 4.65 Å². The van der Waals surface area contributed by atoms with Crippen LogP contribution in [-0.4, -0.2) is 42.4 Å². The van der Waals surface area contributed by atoms with Crippen LogP contribution < -0.4 is 0 Å². The van der Waals surface area contributed by atoms with Gasteiger partial charge in [0, 0.05) is 6.54 Å². The molecule has 68 valence electrons. The van der Waals surface area contributed by atoms with Gasteiger partial charge in [0.15, 0.2) is 0 Å². The van der Waals surface area contributed by atoms with Crippen LogP contribution in [0.15, 0.2) is 25.3 Å². The Labute approximate surface area is 73.8 Å². The van der Waals surface area contributed by atoms with Crippen LogP contribution in [0.25, 0.3) is 0 Å². The smallest absolute Gasteiger partial charge is 0.135 e. The Morgan fingerprint density at radius 2 is 2.17 bits per heavy atom. The summed E-state index contributed by atoms with van der Waals surface area (Å²) in [6.07, 6.45) is 3.54. The Bertz CT molecular complexity index is 181. The second-order valence-electron chi connectivity index (χ2n) is 3.26. The quantitative estimate of drug-likeness (QED) is 0.355. The summed E-state index contributed by atoms with van der Waals surface area (Å²) in [6.45, 7) is 10.7. The first-order valence-electron chi connectivity index (χ1n) is 4.21. The molecule has 0 aromatic rings. The summed E-state index contributed by atoms with van der Waals surface area (Å²) in [6, 6.07) is 0. The molecule has 3 nitrogen and oxygen atoms in total. The molecular formula is C9H16N2O. The largest absolute Gasteiger partial charge is 0.632 e. The van der Waals surface area contributed by atoms with Gasteiger partial charge in [0.25, 0.3) is 0 Å². The predicted octanol–water partition coefficient (Wildman–Crippen LogP) is 0.946. The lowest BCUT2D eigenvalue weighted by molar-refractivity contribution is -0.866. The Kier molecular flexibility index (Phi) is 3.03. The van der Waals surface area contributed by atoms with Gasteiger partial charge in [-0.3, -0.25) is 0 Å². The van der Waals surface area contributed by atoms with E-state index in [1.807, 2.05) is 6.08 Å². The molecule has 0 aromatic heterocycles. The fraction of sp³-hybridized carbons (Fsp3) is 0.556. The lowest BCUT2D eigenvalue weighted by Crippen LogP contribution is -2.41. The molecular weight excluding hydrogens is 152 g/mol. The maximum Gasteiger partial charge on any atom is 0.135 e. The van der Waals surface area contributed by atoms with Crippen LogP contribution in [0.1, 0.15) is 0 Å². The van der Waals surface area contributed by atoms with E-state index >= 15 is 0 Å². The van der Waals surface area contributed by atoms with Crippen LogP contribution in [0.5, 0.6) is 0 Å². The van der Waals surface area contributed by atoms with Crippen LogP contribution >= 0.6 is 0 Å². The van der Waals surface area contributed by atoms with E-state index in [0.717, 1.165) is 13.1 Å². The molecule has 1 heterocycles. The van der Waals surface area contributed by atoms with E-state index in [1.165, 1.54) is 0 Å². The van der Waals surface area contributed by atoms with E-state index in [-0.39, 0.29) is 4.65 Å². The van der Waals surface area contributed by atoms with Crippen LogP contribution in [0.4, 0.5) is 0 Å². The Balaban J connectivity index is 2.42. The predicted molar refractivity (Wildman–Crippen MR) is 50.2 cm³/mol. The number of quaternary nitrogens is 1. The summed E-state index contributed by atoms with van der Waals surface area (Å²) in [5.41, 5.74) is 0. The van der Waals surface area contributed by atoms with E-state index in [4.69, 9.17) is 0 Å². The normalized spacial score (nSPS) is 30.4. The van der Waals surface area contributed by atoms with Crippen molar-refractivity contribution in [1.82, 2.24) is 4.90 Å². The second kappa shape index (κ2) is 3.85. The van der Waals surface area contributed by atoms with E-state index in [0.29, 0.717) is 19.8 Å². The first-order chi connectivity index (χ1) is 5.70. The number of rotatable bonds is 4. The third kappa shape index (κ3) is 2.17. The summed E-state index contributed by atoms with van der Waals surface area (Å²) >= 11 is 0. The van der Waals surface area contributed by atoms with E-state index in [9.17, 15) is 5.21 Å². The van der Waals surface area contributed by atoms with Gasteiger partial charge in [0.2, 0.25) is 0 Å². The summed E-state index contributed by atoms with van der Waals surface area (Å²) < 4.78 is -0.142. The zero-order valence-corrected chi connectivity index (χ0v) is 7.41. The SMILES string of the molecule is C=CCN1CC[N+]([O-])(CC=C)C1. The monoisotopic (exact) mass is 168 g/mol. The lowest BCUT2D eigenvalue weighted by Gasteiger charge is -2.37. The molecule has 12 heavy (non-hydrogen) atoms. The first-order valence-corrected chi connectivity index (χ1v) is 4.21. The maximum absolute atomic E-state index is 11.8. The van der Waals surface area contributed by atoms with Gasteiger partial charge in [-0.1, -0.05) is 12.7 Å². The minimum atomic E-state index is -0.142. The van der Waals surface area contributed by atoms with Gasteiger partial charge in [0.05, 0.1) is 19.6 Å². The highest BCUT2D eigenvalue weighted by Gasteiger charge is 2.26. The molecule has 0 aliphatic carbocycles. The van der Waals surface area contributed by atoms with Crippen molar-refractivity contribution in [3.63, 3.8) is 0 Å². The molecule has 0 spiro atoms. The van der Waals surface area contributed by atoms with Gasteiger partial charge in [-0.15, -0.1) is 6.58 Å². The van der Waals surface area contributed by atoms with Gasteiger partial charge in [-0.2, -0.15) is 0 Å². The molecule has 0 saturated carbocycles. The number of hydrogen-bond acceptors (Lipinski definition) is 2. The van der Waals surface area contributed by atoms with Gasteiger partial charge in [-0.25, -0.2) is 4.90 Å². The summed E-state index contributed by atoms with van der Waals surface area (Å²) in [5.74, 6) is 0. The Morgan fingerprint density at radius 3 is 2.75 bits per heavy atom. The molecule has 1 atom stereocenters. The zero-order valence-electron chi connectivity index (χ0n) is 7.41. The molecule has 1 saturated heterocycles. The van der Waals surface area contributed by atoms with E-state index in [1.54, 1.807) is 6.08 Å². The molecule has 1 fully saturated rings. The zero-order chi connectivity index (χ0) is 9.03. The van der Waals surface area contributed by atoms with Crippen LogP contribution in [0.2, 0.25) is 0 Å². The topological polar surface area (TPSA) is 26.3 Å². The average molecular weight is 168 g/mol. The molecule has 0 aromatic carbocycles. The number of hydroxylamine groups is 3. The summed E-state index contributed by atoms with van der Waals surface area (Å²) in [5, 5.41) is 11.8. The third-order valence-corrected chi connectivity index (χ3v) is 2.13. The summed E-state index contributed by atoms with van der Waals surface area (Å²) in [4.78, 5) is 2.11. The molecule has 0 amide bonds. The van der Waals surface area contributed by atoms with Gasteiger partial charge in [0.1, 0.15) is 6.67 Å². The van der Waals surface area contributed by atoms with Gasteiger partial charge in [-0.05, 0) is 6.08 Å². The summed E-state index contributed by atoms with van der Waals surface area (Å²) in [7, 11) is 0.